The zero-order valence-corrected chi connectivity index (χ0v) is 16.1. The number of nitrogens with zero attached hydrogens (tertiary/aromatic N) is 2. The SMILES string of the molecule is Cc1ccc(-c2nc(C)c(-c3csc(Cc4ccc(F)cc4)n3)s2)cc1. The van der Waals surface area contributed by atoms with Crippen molar-refractivity contribution in [2.24, 2.45) is 0 Å². The lowest BCUT2D eigenvalue weighted by molar-refractivity contribution is 0.627. The van der Waals surface area contributed by atoms with E-state index in [0.29, 0.717) is 6.42 Å². The van der Waals surface area contributed by atoms with Gasteiger partial charge in [0.1, 0.15) is 10.8 Å². The molecule has 4 rings (SSSR count). The predicted octanol–water partition coefficient (Wildman–Crippen LogP) is 6.28. The smallest absolute Gasteiger partial charge is 0.124 e. The summed E-state index contributed by atoms with van der Waals surface area (Å²) in [5.41, 5.74) is 5.42. The first-order valence-corrected chi connectivity index (χ1v) is 10.0. The van der Waals surface area contributed by atoms with E-state index < -0.39 is 0 Å². The highest BCUT2D eigenvalue weighted by molar-refractivity contribution is 7.19. The molecule has 0 radical (unpaired) electrons. The zero-order chi connectivity index (χ0) is 18.1. The summed E-state index contributed by atoms with van der Waals surface area (Å²) in [7, 11) is 0. The second kappa shape index (κ2) is 7.09. The molecule has 2 heterocycles. The summed E-state index contributed by atoms with van der Waals surface area (Å²) < 4.78 is 13.0. The Morgan fingerprint density at radius 3 is 2.38 bits per heavy atom. The number of benzene rings is 2. The Morgan fingerprint density at radius 1 is 0.923 bits per heavy atom. The summed E-state index contributed by atoms with van der Waals surface area (Å²) in [6, 6.07) is 15.0. The molecule has 0 fully saturated rings. The van der Waals surface area contributed by atoms with Crippen LogP contribution in [0.4, 0.5) is 4.39 Å². The standard InChI is InChI=1S/C21H17FN2S2/c1-13-3-7-16(8-4-13)21-23-14(2)20(26-21)18-12-25-19(24-18)11-15-5-9-17(22)10-6-15/h3-10,12H,11H2,1-2H3. The van der Waals surface area contributed by atoms with Crippen LogP contribution < -0.4 is 0 Å². The van der Waals surface area contributed by atoms with E-state index in [1.165, 1.54) is 17.7 Å². The maximum absolute atomic E-state index is 13.0. The molecular formula is C21H17FN2S2. The maximum Gasteiger partial charge on any atom is 0.124 e. The van der Waals surface area contributed by atoms with Gasteiger partial charge in [-0.15, -0.1) is 22.7 Å². The molecule has 0 saturated heterocycles. The zero-order valence-electron chi connectivity index (χ0n) is 14.5. The Bertz CT molecular complexity index is 1030. The van der Waals surface area contributed by atoms with Crippen molar-refractivity contribution in [3.63, 3.8) is 0 Å². The Labute approximate surface area is 160 Å². The number of hydrogen-bond acceptors (Lipinski definition) is 4. The van der Waals surface area contributed by atoms with Gasteiger partial charge in [0.15, 0.2) is 0 Å². The van der Waals surface area contributed by atoms with Crippen molar-refractivity contribution in [3.8, 4) is 21.1 Å². The summed E-state index contributed by atoms with van der Waals surface area (Å²) in [6.07, 6.45) is 0.716. The van der Waals surface area contributed by atoms with Crippen molar-refractivity contribution in [2.75, 3.05) is 0 Å². The van der Waals surface area contributed by atoms with Gasteiger partial charge in [0.2, 0.25) is 0 Å². The highest BCUT2D eigenvalue weighted by Crippen LogP contribution is 2.35. The molecule has 0 atom stereocenters. The molecule has 0 unspecified atom stereocenters. The summed E-state index contributed by atoms with van der Waals surface area (Å²) in [4.78, 5) is 10.6. The van der Waals surface area contributed by atoms with Gasteiger partial charge in [-0.1, -0.05) is 42.0 Å². The molecule has 0 bridgehead atoms. The lowest BCUT2D eigenvalue weighted by Gasteiger charge is -1.97. The van der Waals surface area contributed by atoms with E-state index in [0.717, 1.165) is 37.4 Å². The van der Waals surface area contributed by atoms with E-state index in [4.69, 9.17) is 9.97 Å². The Morgan fingerprint density at radius 2 is 1.65 bits per heavy atom. The minimum Gasteiger partial charge on any atom is -0.241 e. The van der Waals surface area contributed by atoms with Crippen molar-refractivity contribution in [1.29, 1.82) is 0 Å². The van der Waals surface area contributed by atoms with Crippen LogP contribution in [0.15, 0.2) is 53.9 Å². The lowest BCUT2D eigenvalue weighted by Crippen LogP contribution is -1.88. The summed E-state index contributed by atoms with van der Waals surface area (Å²) >= 11 is 3.31. The molecule has 130 valence electrons. The van der Waals surface area contributed by atoms with Crippen LogP contribution in [0.1, 0.15) is 21.8 Å². The molecule has 0 spiro atoms. The van der Waals surface area contributed by atoms with Crippen LogP contribution in [0.3, 0.4) is 0 Å². The normalized spacial score (nSPS) is 11.0. The van der Waals surface area contributed by atoms with Crippen molar-refractivity contribution < 1.29 is 4.39 Å². The number of rotatable bonds is 4. The quantitative estimate of drug-likeness (QED) is 0.416. The van der Waals surface area contributed by atoms with E-state index in [-0.39, 0.29) is 5.82 Å². The highest BCUT2D eigenvalue weighted by atomic mass is 32.1. The third-order valence-electron chi connectivity index (χ3n) is 4.15. The van der Waals surface area contributed by atoms with Crippen LogP contribution in [0, 0.1) is 19.7 Å². The van der Waals surface area contributed by atoms with Crippen LogP contribution >= 0.6 is 22.7 Å². The van der Waals surface area contributed by atoms with E-state index in [1.807, 2.05) is 19.1 Å². The van der Waals surface area contributed by atoms with Gasteiger partial charge < -0.3 is 0 Å². The predicted molar refractivity (Wildman–Crippen MR) is 107 cm³/mol. The van der Waals surface area contributed by atoms with Crippen LogP contribution in [-0.4, -0.2) is 9.97 Å². The first kappa shape index (κ1) is 17.1. The Kier molecular flexibility index (Phi) is 4.66. The van der Waals surface area contributed by atoms with Gasteiger partial charge >= 0.3 is 0 Å². The molecule has 0 saturated carbocycles. The van der Waals surface area contributed by atoms with Gasteiger partial charge in [-0.2, -0.15) is 0 Å². The average molecular weight is 381 g/mol. The minimum atomic E-state index is -0.211. The Balaban J connectivity index is 1.59. The first-order chi connectivity index (χ1) is 12.6. The van der Waals surface area contributed by atoms with Gasteiger partial charge in [-0.25, -0.2) is 14.4 Å². The molecule has 26 heavy (non-hydrogen) atoms. The topological polar surface area (TPSA) is 25.8 Å². The van der Waals surface area contributed by atoms with E-state index >= 15 is 0 Å². The fourth-order valence-electron chi connectivity index (χ4n) is 2.73. The van der Waals surface area contributed by atoms with Gasteiger partial charge in [-0.3, -0.25) is 0 Å². The fourth-order valence-corrected chi connectivity index (χ4v) is 4.65. The molecule has 4 aromatic rings. The van der Waals surface area contributed by atoms with Crippen LogP contribution in [0.5, 0.6) is 0 Å². The summed E-state index contributed by atoms with van der Waals surface area (Å²) in [5, 5.41) is 4.13. The molecule has 2 nitrogen and oxygen atoms in total. The summed E-state index contributed by atoms with van der Waals surface area (Å²) in [6.45, 7) is 4.11. The molecule has 0 aliphatic rings. The van der Waals surface area contributed by atoms with Gasteiger partial charge in [0, 0.05) is 17.4 Å². The number of thiazole rings is 2. The van der Waals surface area contributed by atoms with Crippen LogP contribution in [0.2, 0.25) is 0 Å². The van der Waals surface area contributed by atoms with Gasteiger partial charge in [-0.05, 0) is 31.5 Å². The first-order valence-electron chi connectivity index (χ1n) is 8.32. The average Bonchev–Trinajstić information content (AvgIpc) is 3.24. The third-order valence-corrected chi connectivity index (χ3v) is 6.23. The number of halogens is 1. The molecule has 0 aliphatic heterocycles. The monoisotopic (exact) mass is 380 g/mol. The van der Waals surface area contributed by atoms with Crippen molar-refractivity contribution in [1.82, 2.24) is 9.97 Å². The molecular weight excluding hydrogens is 363 g/mol. The molecule has 5 heteroatoms. The van der Waals surface area contributed by atoms with E-state index in [1.54, 1.807) is 22.7 Å². The highest BCUT2D eigenvalue weighted by Gasteiger charge is 2.14. The lowest BCUT2D eigenvalue weighted by atomic mass is 10.1. The van der Waals surface area contributed by atoms with Crippen molar-refractivity contribution in [2.45, 2.75) is 20.3 Å². The molecule has 0 aliphatic carbocycles. The Hall–Kier alpha value is -2.37. The molecule has 2 aromatic heterocycles. The number of aryl methyl sites for hydroxylation is 2. The van der Waals surface area contributed by atoms with Gasteiger partial charge in [0.25, 0.3) is 0 Å². The van der Waals surface area contributed by atoms with Crippen LogP contribution in [0.25, 0.3) is 21.1 Å². The van der Waals surface area contributed by atoms with Gasteiger partial charge in [0.05, 0.1) is 21.3 Å². The molecule has 2 aromatic carbocycles. The van der Waals surface area contributed by atoms with E-state index in [9.17, 15) is 4.39 Å². The maximum atomic E-state index is 13.0. The van der Waals surface area contributed by atoms with Crippen molar-refractivity contribution in [3.05, 3.63) is 81.6 Å². The number of hydrogen-bond donors (Lipinski definition) is 0. The number of aromatic nitrogens is 2. The molecule has 0 N–H and O–H groups in total. The molecule has 0 amide bonds. The second-order valence-electron chi connectivity index (χ2n) is 6.23. The largest absolute Gasteiger partial charge is 0.241 e. The third kappa shape index (κ3) is 3.59. The fraction of sp³-hybridized carbons (Fsp3) is 0.143. The van der Waals surface area contributed by atoms with Crippen molar-refractivity contribution >= 4 is 22.7 Å². The second-order valence-corrected chi connectivity index (χ2v) is 8.17. The minimum absolute atomic E-state index is 0.211. The van der Waals surface area contributed by atoms with Crippen LogP contribution in [-0.2, 0) is 6.42 Å². The van der Waals surface area contributed by atoms with E-state index in [2.05, 4.69) is 36.6 Å². The summed E-state index contributed by atoms with van der Waals surface area (Å²) in [5.74, 6) is -0.211.